The highest BCUT2D eigenvalue weighted by molar-refractivity contribution is 6.00. The molecule has 1 saturated heterocycles. The molecule has 2 N–H and O–H groups in total. The van der Waals surface area contributed by atoms with Crippen molar-refractivity contribution in [1.82, 2.24) is 5.32 Å². The quantitative estimate of drug-likeness (QED) is 0.872. The molecule has 6 nitrogen and oxygen atoms in total. The van der Waals surface area contributed by atoms with Crippen molar-refractivity contribution in [2.45, 2.75) is 26.4 Å². The molecule has 0 radical (unpaired) electrons. The topological polar surface area (TPSA) is 82.8 Å². The number of amides is 2. The van der Waals surface area contributed by atoms with Gasteiger partial charge < -0.3 is 19.7 Å². The second kappa shape index (κ2) is 7.11. The molecule has 1 aliphatic heterocycles. The van der Waals surface area contributed by atoms with Gasteiger partial charge in [0, 0.05) is 30.8 Å². The van der Waals surface area contributed by atoms with E-state index in [1.54, 1.807) is 11.0 Å². The minimum atomic E-state index is -0.823. The van der Waals surface area contributed by atoms with Gasteiger partial charge in [0.25, 0.3) is 0 Å². The van der Waals surface area contributed by atoms with Crippen LogP contribution in [-0.2, 0) is 9.59 Å². The largest absolute Gasteiger partial charge is 0.472 e. The summed E-state index contributed by atoms with van der Waals surface area (Å²) in [5, 5.41) is 12.7. The predicted octanol–water partition coefficient (Wildman–Crippen LogP) is 2.10. The van der Waals surface area contributed by atoms with Crippen molar-refractivity contribution >= 4 is 17.5 Å². The fourth-order valence-electron chi connectivity index (χ4n) is 2.95. The van der Waals surface area contributed by atoms with E-state index in [-0.39, 0.29) is 24.8 Å². The van der Waals surface area contributed by atoms with E-state index in [9.17, 15) is 14.7 Å². The zero-order valence-corrected chi connectivity index (χ0v) is 14.4. The van der Waals surface area contributed by atoms with E-state index < -0.39 is 12.0 Å². The fourth-order valence-corrected chi connectivity index (χ4v) is 2.95. The van der Waals surface area contributed by atoms with Crippen LogP contribution in [0.25, 0.3) is 0 Å². The van der Waals surface area contributed by atoms with Gasteiger partial charge in [-0.1, -0.05) is 6.07 Å². The fraction of sp³-hybridized carbons (Fsp3) is 0.368. The molecule has 0 unspecified atom stereocenters. The number of hydrogen-bond donors (Lipinski definition) is 2. The molecule has 132 valence electrons. The van der Waals surface area contributed by atoms with Crippen molar-refractivity contribution in [3.63, 3.8) is 0 Å². The van der Waals surface area contributed by atoms with Gasteiger partial charge >= 0.3 is 0 Å². The second-order valence-corrected chi connectivity index (χ2v) is 6.49. The van der Waals surface area contributed by atoms with Crippen molar-refractivity contribution in [3.05, 3.63) is 53.5 Å². The summed E-state index contributed by atoms with van der Waals surface area (Å²) in [6, 6.07) is 7.50. The average molecular weight is 342 g/mol. The monoisotopic (exact) mass is 342 g/mol. The lowest BCUT2D eigenvalue weighted by Gasteiger charge is -2.18. The van der Waals surface area contributed by atoms with E-state index in [4.69, 9.17) is 4.42 Å². The van der Waals surface area contributed by atoms with Gasteiger partial charge in [-0.3, -0.25) is 9.59 Å². The predicted molar refractivity (Wildman–Crippen MR) is 93.1 cm³/mol. The van der Waals surface area contributed by atoms with E-state index in [1.807, 2.05) is 32.0 Å². The lowest BCUT2D eigenvalue weighted by molar-refractivity contribution is -0.126. The van der Waals surface area contributed by atoms with Crippen molar-refractivity contribution in [1.29, 1.82) is 0 Å². The van der Waals surface area contributed by atoms with Crippen LogP contribution in [0.15, 0.2) is 41.2 Å². The molecule has 0 aliphatic carbocycles. The van der Waals surface area contributed by atoms with E-state index in [0.29, 0.717) is 12.1 Å². The first-order valence-corrected chi connectivity index (χ1v) is 8.31. The number of aliphatic hydroxyl groups is 1. The van der Waals surface area contributed by atoms with Gasteiger partial charge in [-0.05, 0) is 43.2 Å². The molecule has 2 heterocycles. The van der Waals surface area contributed by atoms with E-state index in [1.165, 1.54) is 12.5 Å². The third-order valence-corrected chi connectivity index (χ3v) is 4.70. The Balaban J connectivity index is 1.59. The van der Waals surface area contributed by atoms with Crippen LogP contribution in [0.5, 0.6) is 0 Å². The molecule has 1 aromatic heterocycles. The minimum Gasteiger partial charge on any atom is -0.472 e. The summed E-state index contributed by atoms with van der Waals surface area (Å²) < 4.78 is 4.91. The molecule has 25 heavy (non-hydrogen) atoms. The molecular weight excluding hydrogens is 320 g/mol. The molecule has 1 aromatic carbocycles. The first-order valence-electron chi connectivity index (χ1n) is 8.31. The summed E-state index contributed by atoms with van der Waals surface area (Å²) >= 11 is 0. The van der Waals surface area contributed by atoms with Crippen molar-refractivity contribution in [3.8, 4) is 0 Å². The molecule has 1 fully saturated rings. The molecule has 0 bridgehead atoms. The van der Waals surface area contributed by atoms with Crippen LogP contribution in [-0.4, -0.2) is 30.0 Å². The number of rotatable bonds is 5. The number of anilines is 1. The zero-order chi connectivity index (χ0) is 18.0. The van der Waals surface area contributed by atoms with Crippen LogP contribution in [0.1, 0.15) is 29.2 Å². The van der Waals surface area contributed by atoms with Gasteiger partial charge in [-0.15, -0.1) is 0 Å². The van der Waals surface area contributed by atoms with Gasteiger partial charge in [-0.25, -0.2) is 0 Å². The number of aliphatic hydroxyl groups excluding tert-OH is 1. The van der Waals surface area contributed by atoms with Crippen molar-refractivity contribution < 1.29 is 19.1 Å². The number of nitrogens with one attached hydrogen (secondary N) is 1. The summed E-state index contributed by atoms with van der Waals surface area (Å²) in [4.78, 5) is 26.3. The number of aryl methyl sites for hydroxylation is 2. The lowest BCUT2D eigenvalue weighted by Crippen LogP contribution is -2.35. The maximum absolute atomic E-state index is 12.3. The summed E-state index contributed by atoms with van der Waals surface area (Å²) in [5.41, 5.74) is 3.71. The number of carbonyl (C=O) groups excluding carboxylic acids is 2. The molecule has 2 amide bonds. The van der Waals surface area contributed by atoms with Crippen LogP contribution < -0.4 is 10.2 Å². The number of nitrogens with zero attached hydrogens (tertiary/aromatic N) is 1. The van der Waals surface area contributed by atoms with Crippen LogP contribution >= 0.6 is 0 Å². The summed E-state index contributed by atoms with van der Waals surface area (Å²) in [6.45, 7) is 4.47. The SMILES string of the molecule is Cc1ccc(N2C[C@@H](C(=O)NC[C@H](O)c3ccoc3)CC2=O)cc1C. The van der Waals surface area contributed by atoms with Gasteiger partial charge in [0.05, 0.1) is 24.5 Å². The van der Waals surface area contributed by atoms with E-state index in [0.717, 1.165) is 16.8 Å². The third kappa shape index (κ3) is 3.74. The zero-order valence-electron chi connectivity index (χ0n) is 14.4. The van der Waals surface area contributed by atoms with Gasteiger partial charge in [0.2, 0.25) is 11.8 Å². The molecule has 2 atom stereocenters. The Bertz CT molecular complexity index is 770. The van der Waals surface area contributed by atoms with Crippen LogP contribution in [0.2, 0.25) is 0 Å². The molecule has 6 heteroatoms. The van der Waals surface area contributed by atoms with E-state index >= 15 is 0 Å². The smallest absolute Gasteiger partial charge is 0.227 e. The van der Waals surface area contributed by atoms with Crippen molar-refractivity contribution in [2.75, 3.05) is 18.0 Å². The van der Waals surface area contributed by atoms with Gasteiger partial charge in [0.15, 0.2) is 0 Å². The highest BCUT2D eigenvalue weighted by Gasteiger charge is 2.35. The Kier molecular flexibility index (Phi) is 4.90. The number of hydrogen-bond acceptors (Lipinski definition) is 4. The van der Waals surface area contributed by atoms with Gasteiger partial charge in [0.1, 0.15) is 0 Å². The molecule has 0 saturated carbocycles. The second-order valence-electron chi connectivity index (χ2n) is 6.49. The Hall–Kier alpha value is -2.60. The maximum atomic E-state index is 12.3. The van der Waals surface area contributed by atoms with Crippen molar-refractivity contribution in [2.24, 2.45) is 5.92 Å². The summed E-state index contributed by atoms with van der Waals surface area (Å²) in [6.07, 6.45) is 2.27. The molecule has 0 spiro atoms. The third-order valence-electron chi connectivity index (χ3n) is 4.70. The Morgan fingerprint density at radius 2 is 2.16 bits per heavy atom. The van der Waals surface area contributed by atoms with E-state index in [2.05, 4.69) is 5.32 Å². The minimum absolute atomic E-state index is 0.0567. The highest BCUT2D eigenvalue weighted by atomic mass is 16.3. The Labute approximate surface area is 146 Å². The lowest BCUT2D eigenvalue weighted by atomic mass is 10.1. The van der Waals surface area contributed by atoms with Crippen LogP contribution in [0.3, 0.4) is 0 Å². The summed E-state index contributed by atoms with van der Waals surface area (Å²) in [7, 11) is 0. The number of furan rings is 1. The average Bonchev–Trinajstić information content (AvgIpc) is 3.24. The summed E-state index contributed by atoms with van der Waals surface area (Å²) in [5.74, 6) is -0.688. The number of carbonyl (C=O) groups is 2. The van der Waals surface area contributed by atoms with Crippen LogP contribution in [0, 0.1) is 19.8 Å². The highest BCUT2D eigenvalue weighted by Crippen LogP contribution is 2.27. The Morgan fingerprint density at radius 1 is 1.36 bits per heavy atom. The first-order chi connectivity index (χ1) is 12.0. The molecule has 1 aliphatic rings. The number of benzene rings is 1. The maximum Gasteiger partial charge on any atom is 0.227 e. The standard InChI is InChI=1S/C19H22N2O4/c1-12-3-4-16(7-13(12)2)21-10-15(8-18(21)23)19(24)20-9-17(22)14-5-6-25-11-14/h3-7,11,15,17,22H,8-10H2,1-2H3,(H,20,24)/t15-,17-/m0/s1. The molecular formula is C19H22N2O4. The Morgan fingerprint density at radius 3 is 2.84 bits per heavy atom. The van der Waals surface area contributed by atoms with Crippen LogP contribution in [0.4, 0.5) is 5.69 Å². The van der Waals surface area contributed by atoms with Gasteiger partial charge in [-0.2, -0.15) is 0 Å². The molecule has 2 aromatic rings. The molecule has 3 rings (SSSR count). The first kappa shape index (κ1) is 17.2. The normalized spacial score (nSPS) is 18.4.